The Labute approximate surface area is 136 Å². The number of anilines is 1. The summed E-state index contributed by atoms with van der Waals surface area (Å²) in [6, 6.07) is 11.1. The van der Waals surface area contributed by atoms with E-state index >= 15 is 0 Å². The Morgan fingerprint density at radius 1 is 1.04 bits per heavy atom. The van der Waals surface area contributed by atoms with Gasteiger partial charge in [-0.2, -0.15) is 0 Å². The lowest BCUT2D eigenvalue weighted by atomic mass is 10.1. The quantitative estimate of drug-likeness (QED) is 0.643. The van der Waals surface area contributed by atoms with Crippen LogP contribution in [0.15, 0.2) is 48.7 Å². The van der Waals surface area contributed by atoms with E-state index in [1.54, 1.807) is 38.6 Å². The standard InChI is InChI=1S/C19H21NO3/c1-13-6-5-7-16(14(13)2)20-11-10-17(21)15-8-9-18(22-3)19(12-15)23-4/h5-12,20H,1-4H3. The molecule has 23 heavy (non-hydrogen) atoms. The van der Waals surface area contributed by atoms with Crippen LogP contribution in [0.5, 0.6) is 11.5 Å². The van der Waals surface area contributed by atoms with Crippen LogP contribution in [0.3, 0.4) is 0 Å². The molecule has 0 saturated heterocycles. The lowest BCUT2D eigenvalue weighted by Crippen LogP contribution is -1.99. The van der Waals surface area contributed by atoms with Gasteiger partial charge in [-0.25, -0.2) is 0 Å². The Hall–Kier alpha value is -2.75. The number of nitrogens with one attached hydrogen (secondary N) is 1. The minimum atomic E-state index is -0.108. The minimum Gasteiger partial charge on any atom is -0.493 e. The molecule has 0 heterocycles. The van der Waals surface area contributed by atoms with Crippen LogP contribution in [-0.2, 0) is 0 Å². The molecule has 4 heteroatoms. The number of carbonyl (C=O) groups excluding carboxylic acids is 1. The molecule has 0 aliphatic rings. The highest BCUT2D eigenvalue weighted by molar-refractivity contribution is 6.05. The van der Waals surface area contributed by atoms with Crippen molar-refractivity contribution in [3.8, 4) is 11.5 Å². The van der Waals surface area contributed by atoms with Gasteiger partial charge in [0.2, 0.25) is 0 Å². The molecule has 2 aromatic rings. The molecule has 4 nitrogen and oxygen atoms in total. The SMILES string of the molecule is COc1ccc(C(=O)C=CNc2cccc(C)c2C)cc1OC. The lowest BCUT2D eigenvalue weighted by molar-refractivity contribution is 0.104. The third-order valence-corrected chi connectivity index (χ3v) is 3.75. The summed E-state index contributed by atoms with van der Waals surface area (Å²) in [6.45, 7) is 4.10. The molecule has 2 aromatic carbocycles. The van der Waals surface area contributed by atoms with E-state index in [0.717, 1.165) is 11.3 Å². The van der Waals surface area contributed by atoms with E-state index in [0.29, 0.717) is 17.1 Å². The van der Waals surface area contributed by atoms with E-state index in [-0.39, 0.29) is 5.78 Å². The fourth-order valence-electron chi connectivity index (χ4n) is 2.20. The van der Waals surface area contributed by atoms with Gasteiger partial charge in [0.05, 0.1) is 14.2 Å². The van der Waals surface area contributed by atoms with Crippen LogP contribution in [0.2, 0.25) is 0 Å². The number of benzene rings is 2. The van der Waals surface area contributed by atoms with Crippen LogP contribution < -0.4 is 14.8 Å². The first-order valence-corrected chi connectivity index (χ1v) is 7.32. The van der Waals surface area contributed by atoms with Gasteiger partial charge in [0.25, 0.3) is 0 Å². The van der Waals surface area contributed by atoms with E-state index in [9.17, 15) is 4.79 Å². The lowest BCUT2D eigenvalue weighted by Gasteiger charge is -2.09. The molecule has 0 aliphatic heterocycles. The Kier molecular flexibility index (Phi) is 5.41. The minimum absolute atomic E-state index is 0.108. The number of allylic oxidation sites excluding steroid dienone is 1. The number of carbonyl (C=O) groups is 1. The zero-order valence-corrected chi connectivity index (χ0v) is 13.8. The largest absolute Gasteiger partial charge is 0.493 e. The molecule has 0 saturated carbocycles. The van der Waals surface area contributed by atoms with E-state index in [4.69, 9.17) is 9.47 Å². The van der Waals surface area contributed by atoms with Gasteiger partial charge in [-0.3, -0.25) is 4.79 Å². The summed E-state index contributed by atoms with van der Waals surface area (Å²) in [5, 5.41) is 3.15. The smallest absolute Gasteiger partial charge is 0.187 e. The van der Waals surface area contributed by atoms with E-state index in [1.165, 1.54) is 11.6 Å². The molecule has 0 unspecified atom stereocenters. The molecule has 0 aliphatic carbocycles. The van der Waals surface area contributed by atoms with Crippen molar-refractivity contribution < 1.29 is 14.3 Å². The molecule has 0 fully saturated rings. The van der Waals surface area contributed by atoms with Gasteiger partial charge >= 0.3 is 0 Å². The number of ketones is 1. The van der Waals surface area contributed by atoms with Gasteiger partial charge in [0.15, 0.2) is 17.3 Å². The van der Waals surface area contributed by atoms with Gasteiger partial charge in [0, 0.05) is 23.5 Å². The number of methoxy groups -OCH3 is 2. The van der Waals surface area contributed by atoms with Crippen molar-refractivity contribution in [1.29, 1.82) is 0 Å². The number of rotatable bonds is 6. The molecule has 1 N–H and O–H groups in total. The first-order valence-electron chi connectivity index (χ1n) is 7.32. The molecule has 0 aromatic heterocycles. The molecule has 2 rings (SSSR count). The zero-order valence-electron chi connectivity index (χ0n) is 13.8. The van der Waals surface area contributed by atoms with Crippen molar-refractivity contribution in [2.75, 3.05) is 19.5 Å². The maximum Gasteiger partial charge on any atom is 0.187 e. The Balaban J connectivity index is 2.11. The van der Waals surface area contributed by atoms with Crippen molar-refractivity contribution in [3.05, 3.63) is 65.4 Å². The van der Waals surface area contributed by atoms with E-state index < -0.39 is 0 Å². The molecule has 120 valence electrons. The molecule has 0 spiro atoms. The number of hydrogen-bond acceptors (Lipinski definition) is 4. The first-order chi connectivity index (χ1) is 11.1. The Morgan fingerprint density at radius 2 is 1.78 bits per heavy atom. The summed E-state index contributed by atoms with van der Waals surface area (Å²) >= 11 is 0. The summed E-state index contributed by atoms with van der Waals surface area (Å²) in [7, 11) is 3.11. The normalized spacial score (nSPS) is 10.6. The van der Waals surface area contributed by atoms with Crippen LogP contribution in [0, 0.1) is 13.8 Å². The summed E-state index contributed by atoms with van der Waals surface area (Å²) < 4.78 is 10.4. The van der Waals surface area contributed by atoms with Gasteiger partial charge in [-0.15, -0.1) is 0 Å². The highest BCUT2D eigenvalue weighted by atomic mass is 16.5. The van der Waals surface area contributed by atoms with Crippen molar-refractivity contribution in [2.45, 2.75) is 13.8 Å². The number of ether oxygens (including phenoxy) is 2. The molecule has 0 atom stereocenters. The maximum absolute atomic E-state index is 12.2. The highest BCUT2D eigenvalue weighted by Crippen LogP contribution is 2.27. The average Bonchev–Trinajstić information content (AvgIpc) is 2.57. The molecular formula is C19H21NO3. The topological polar surface area (TPSA) is 47.6 Å². The number of hydrogen-bond donors (Lipinski definition) is 1. The summed E-state index contributed by atoms with van der Waals surface area (Å²) in [4.78, 5) is 12.2. The maximum atomic E-state index is 12.2. The Bertz CT molecular complexity index is 735. The third kappa shape index (κ3) is 3.92. The van der Waals surface area contributed by atoms with Crippen LogP contribution in [-0.4, -0.2) is 20.0 Å². The van der Waals surface area contributed by atoms with E-state index in [1.807, 2.05) is 19.1 Å². The molecule has 0 radical (unpaired) electrons. The van der Waals surface area contributed by atoms with Crippen LogP contribution in [0.1, 0.15) is 21.5 Å². The highest BCUT2D eigenvalue weighted by Gasteiger charge is 2.08. The van der Waals surface area contributed by atoms with Crippen LogP contribution in [0.4, 0.5) is 5.69 Å². The second kappa shape index (κ2) is 7.49. The fourth-order valence-corrected chi connectivity index (χ4v) is 2.20. The van der Waals surface area contributed by atoms with Crippen LogP contribution in [0.25, 0.3) is 0 Å². The van der Waals surface area contributed by atoms with Gasteiger partial charge in [0.1, 0.15) is 0 Å². The monoisotopic (exact) mass is 311 g/mol. The first kappa shape index (κ1) is 16.6. The van der Waals surface area contributed by atoms with Crippen molar-refractivity contribution in [2.24, 2.45) is 0 Å². The summed E-state index contributed by atoms with van der Waals surface area (Å²) in [5.41, 5.74) is 3.90. The second-order valence-corrected chi connectivity index (χ2v) is 5.16. The van der Waals surface area contributed by atoms with Crippen molar-refractivity contribution in [1.82, 2.24) is 0 Å². The molecule has 0 amide bonds. The fraction of sp³-hybridized carbons (Fsp3) is 0.211. The predicted octanol–water partition coefficient (Wildman–Crippen LogP) is 4.13. The van der Waals surface area contributed by atoms with Gasteiger partial charge in [-0.05, 0) is 49.2 Å². The third-order valence-electron chi connectivity index (χ3n) is 3.75. The zero-order chi connectivity index (χ0) is 16.8. The Morgan fingerprint density at radius 3 is 2.48 bits per heavy atom. The molecule has 0 bridgehead atoms. The van der Waals surface area contributed by atoms with Crippen molar-refractivity contribution in [3.63, 3.8) is 0 Å². The molecular weight excluding hydrogens is 290 g/mol. The predicted molar refractivity (Wildman–Crippen MR) is 92.6 cm³/mol. The van der Waals surface area contributed by atoms with Crippen molar-refractivity contribution >= 4 is 11.5 Å². The van der Waals surface area contributed by atoms with Gasteiger partial charge < -0.3 is 14.8 Å². The van der Waals surface area contributed by atoms with Gasteiger partial charge in [-0.1, -0.05) is 12.1 Å². The summed E-state index contributed by atoms with van der Waals surface area (Å²) in [6.07, 6.45) is 3.16. The van der Waals surface area contributed by atoms with E-state index in [2.05, 4.69) is 18.3 Å². The number of aryl methyl sites for hydroxylation is 1. The summed E-state index contributed by atoms with van der Waals surface area (Å²) in [5.74, 6) is 1.03. The second-order valence-electron chi connectivity index (χ2n) is 5.16. The average molecular weight is 311 g/mol. The van der Waals surface area contributed by atoms with Crippen LogP contribution >= 0.6 is 0 Å².